The van der Waals surface area contributed by atoms with E-state index in [0.717, 1.165) is 6.26 Å². The highest BCUT2D eigenvalue weighted by Gasteiger charge is 2.29. The standard InChI is InChI=1S/C13H23NO6S/c1-13(2,3)20-12(15)14-7-9-18-10-11(14)6-5-8-19-21(4,16)17/h5-6,11H,7-10H2,1-4H3/b6-5+. The van der Waals surface area contributed by atoms with Crippen LogP contribution in [-0.2, 0) is 23.8 Å². The lowest BCUT2D eigenvalue weighted by Gasteiger charge is -2.35. The predicted molar refractivity (Wildman–Crippen MR) is 77.5 cm³/mol. The molecule has 1 aliphatic rings. The first-order valence-electron chi connectivity index (χ1n) is 6.67. The molecule has 0 N–H and O–H groups in total. The fourth-order valence-corrected chi connectivity index (χ4v) is 2.03. The average molecular weight is 321 g/mol. The van der Waals surface area contributed by atoms with Crippen molar-refractivity contribution in [3.8, 4) is 0 Å². The van der Waals surface area contributed by atoms with E-state index in [1.54, 1.807) is 37.8 Å². The largest absolute Gasteiger partial charge is 0.444 e. The fraction of sp³-hybridized carbons (Fsp3) is 0.769. The first-order chi connectivity index (χ1) is 9.58. The predicted octanol–water partition coefficient (Wildman–Crippen LogP) is 1.15. The molecule has 1 rings (SSSR count). The van der Waals surface area contributed by atoms with Crippen molar-refractivity contribution in [2.75, 3.05) is 32.6 Å². The number of nitrogens with zero attached hydrogens (tertiary/aromatic N) is 1. The molecule has 0 aliphatic carbocycles. The molecule has 0 aromatic heterocycles. The maximum atomic E-state index is 12.1. The summed E-state index contributed by atoms with van der Waals surface area (Å²) in [5.41, 5.74) is -0.566. The quantitative estimate of drug-likeness (QED) is 0.571. The van der Waals surface area contributed by atoms with Crippen LogP contribution in [0.4, 0.5) is 4.79 Å². The number of hydrogen-bond donors (Lipinski definition) is 0. The van der Waals surface area contributed by atoms with Gasteiger partial charge in [0.05, 0.1) is 32.1 Å². The zero-order valence-electron chi connectivity index (χ0n) is 12.9. The minimum atomic E-state index is -3.47. The second-order valence-electron chi connectivity index (χ2n) is 5.73. The van der Waals surface area contributed by atoms with Crippen molar-refractivity contribution < 1.29 is 26.9 Å². The van der Waals surface area contributed by atoms with Crippen molar-refractivity contribution >= 4 is 16.2 Å². The molecule has 1 saturated heterocycles. The summed E-state index contributed by atoms with van der Waals surface area (Å²) in [5.74, 6) is 0. The molecule has 1 fully saturated rings. The van der Waals surface area contributed by atoms with Gasteiger partial charge in [-0.1, -0.05) is 12.2 Å². The fourth-order valence-electron chi connectivity index (χ4n) is 1.70. The maximum Gasteiger partial charge on any atom is 0.410 e. The molecule has 1 unspecified atom stereocenters. The third-order valence-electron chi connectivity index (χ3n) is 2.53. The van der Waals surface area contributed by atoms with Crippen LogP contribution in [0.25, 0.3) is 0 Å². The van der Waals surface area contributed by atoms with E-state index in [9.17, 15) is 13.2 Å². The van der Waals surface area contributed by atoms with Crippen LogP contribution in [0, 0.1) is 0 Å². The van der Waals surface area contributed by atoms with Crippen LogP contribution in [0.15, 0.2) is 12.2 Å². The van der Waals surface area contributed by atoms with Crippen LogP contribution in [0.1, 0.15) is 20.8 Å². The summed E-state index contributed by atoms with van der Waals surface area (Å²) in [7, 11) is -3.47. The molecule has 8 heteroatoms. The number of carbonyl (C=O) groups is 1. The summed E-state index contributed by atoms with van der Waals surface area (Å²) in [5, 5.41) is 0. The van der Waals surface area contributed by atoms with Crippen LogP contribution in [0.2, 0.25) is 0 Å². The highest BCUT2D eigenvalue weighted by Crippen LogP contribution is 2.15. The van der Waals surface area contributed by atoms with E-state index in [1.807, 2.05) is 0 Å². The Balaban J connectivity index is 2.61. The summed E-state index contributed by atoms with van der Waals surface area (Å²) >= 11 is 0. The first-order valence-corrected chi connectivity index (χ1v) is 8.48. The number of ether oxygens (including phenoxy) is 2. The zero-order chi connectivity index (χ0) is 16.1. The van der Waals surface area contributed by atoms with Gasteiger partial charge in [0.25, 0.3) is 10.1 Å². The molecular formula is C13H23NO6S. The average Bonchev–Trinajstić information content (AvgIpc) is 2.32. The molecular weight excluding hydrogens is 298 g/mol. The van der Waals surface area contributed by atoms with Crippen LogP contribution in [-0.4, -0.2) is 63.7 Å². The summed E-state index contributed by atoms with van der Waals surface area (Å²) < 4.78 is 37.0. The minimum Gasteiger partial charge on any atom is -0.444 e. The number of hydrogen-bond acceptors (Lipinski definition) is 6. The van der Waals surface area contributed by atoms with Crippen molar-refractivity contribution in [2.24, 2.45) is 0 Å². The number of carbonyl (C=O) groups excluding carboxylic acids is 1. The molecule has 0 saturated carbocycles. The van der Waals surface area contributed by atoms with Gasteiger partial charge in [-0.3, -0.25) is 9.08 Å². The molecule has 1 aliphatic heterocycles. The molecule has 0 spiro atoms. The molecule has 0 aromatic rings. The van der Waals surface area contributed by atoms with Crippen LogP contribution >= 0.6 is 0 Å². The Morgan fingerprint density at radius 3 is 2.67 bits per heavy atom. The molecule has 122 valence electrons. The molecule has 0 bridgehead atoms. The zero-order valence-corrected chi connectivity index (χ0v) is 13.7. The monoisotopic (exact) mass is 321 g/mol. The Hall–Kier alpha value is -1.12. The maximum absolute atomic E-state index is 12.1. The third-order valence-corrected chi connectivity index (χ3v) is 3.09. The van der Waals surface area contributed by atoms with Crippen LogP contribution < -0.4 is 0 Å². The van der Waals surface area contributed by atoms with Gasteiger partial charge in [-0.15, -0.1) is 0 Å². The van der Waals surface area contributed by atoms with Gasteiger partial charge < -0.3 is 9.47 Å². The first kappa shape index (κ1) is 17.9. The summed E-state index contributed by atoms with van der Waals surface area (Å²) in [6.07, 6.45) is 3.81. The second kappa shape index (κ2) is 7.24. The van der Waals surface area contributed by atoms with Gasteiger partial charge in [0, 0.05) is 6.54 Å². The highest BCUT2D eigenvalue weighted by molar-refractivity contribution is 7.85. The van der Waals surface area contributed by atoms with Crippen molar-refractivity contribution in [3.63, 3.8) is 0 Å². The van der Waals surface area contributed by atoms with Crippen molar-refractivity contribution in [3.05, 3.63) is 12.2 Å². The topological polar surface area (TPSA) is 82.1 Å². The normalized spacial score (nSPS) is 20.8. The molecule has 1 atom stereocenters. The second-order valence-corrected chi connectivity index (χ2v) is 7.38. The van der Waals surface area contributed by atoms with Gasteiger partial charge in [0.15, 0.2) is 0 Å². The van der Waals surface area contributed by atoms with Crippen molar-refractivity contribution in [2.45, 2.75) is 32.4 Å². The Morgan fingerprint density at radius 2 is 2.10 bits per heavy atom. The third kappa shape index (κ3) is 7.45. The van der Waals surface area contributed by atoms with Gasteiger partial charge >= 0.3 is 6.09 Å². The van der Waals surface area contributed by atoms with E-state index in [1.165, 1.54) is 0 Å². The minimum absolute atomic E-state index is 0.0719. The lowest BCUT2D eigenvalue weighted by molar-refractivity contribution is -0.0218. The smallest absolute Gasteiger partial charge is 0.410 e. The van der Waals surface area contributed by atoms with Gasteiger partial charge in [-0.25, -0.2) is 4.79 Å². The Morgan fingerprint density at radius 1 is 1.43 bits per heavy atom. The van der Waals surface area contributed by atoms with Crippen molar-refractivity contribution in [1.82, 2.24) is 4.90 Å². The summed E-state index contributed by atoms with van der Waals surface area (Å²) in [6.45, 7) is 6.55. The van der Waals surface area contributed by atoms with Crippen LogP contribution in [0.3, 0.4) is 0 Å². The van der Waals surface area contributed by atoms with Crippen molar-refractivity contribution in [1.29, 1.82) is 0 Å². The number of morpholine rings is 1. The van der Waals surface area contributed by atoms with Gasteiger partial charge in [0.1, 0.15) is 5.60 Å². The lowest BCUT2D eigenvalue weighted by atomic mass is 10.2. The summed E-state index contributed by atoms with van der Waals surface area (Å²) in [4.78, 5) is 13.7. The van der Waals surface area contributed by atoms with Gasteiger partial charge in [0.2, 0.25) is 0 Å². The molecule has 1 amide bonds. The lowest BCUT2D eigenvalue weighted by Crippen LogP contribution is -2.49. The molecule has 0 radical (unpaired) electrons. The highest BCUT2D eigenvalue weighted by atomic mass is 32.2. The Labute approximate surface area is 126 Å². The van der Waals surface area contributed by atoms with Gasteiger partial charge in [-0.05, 0) is 20.8 Å². The number of amides is 1. The SMILES string of the molecule is CC(C)(C)OC(=O)N1CCOCC1/C=C/COS(C)(=O)=O. The van der Waals surface area contributed by atoms with E-state index in [0.29, 0.717) is 19.8 Å². The van der Waals surface area contributed by atoms with Crippen LogP contribution in [0.5, 0.6) is 0 Å². The van der Waals surface area contributed by atoms with E-state index in [4.69, 9.17) is 9.47 Å². The van der Waals surface area contributed by atoms with E-state index >= 15 is 0 Å². The summed E-state index contributed by atoms with van der Waals surface area (Å²) in [6, 6.07) is -0.295. The van der Waals surface area contributed by atoms with Gasteiger partial charge in [-0.2, -0.15) is 8.42 Å². The molecule has 0 aromatic carbocycles. The molecule has 7 nitrogen and oxygen atoms in total. The number of rotatable bonds is 4. The van der Waals surface area contributed by atoms with E-state index in [-0.39, 0.29) is 12.6 Å². The Kier molecular flexibility index (Phi) is 6.18. The molecule has 1 heterocycles. The Bertz CT molecular complexity index is 479. The molecule has 21 heavy (non-hydrogen) atoms. The van der Waals surface area contributed by atoms with E-state index in [2.05, 4.69) is 4.18 Å². The van der Waals surface area contributed by atoms with E-state index < -0.39 is 21.8 Å².